The molecule has 7 heteroatoms. The van der Waals surface area contributed by atoms with E-state index >= 15 is 0 Å². The van der Waals surface area contributed by atoms with Crippen molar-refractivity contribution in [1.29, 1.82) is 0 Å². The van der Waals surface area contributed by atoms with Crippen LogP contribution in [0, 0.1) is 13.8 Å². The molecule has 0 aromatic carbocycles. The van der Waals surface area contributed by atoms with E-state index in [4.69, 9.17) is 4.74 Å². The van der Waals surface area contributed by atoms with Crippen LogP contribution in [-0.4, -0.2) is 64.3 Å². The Kier molecular flexibility index (Phi) is 3.58. The zero-order valence-electron chi connectivity index (χ0n) is 13.3. The average Bonchev–Trinajstić information content (AvgIpc) is 3.09. The maximum absolute atomic E-state index is 12.4. The van der Waals surface area contributed by atoms with Crippen LogP contribution >= 0.6 is 0 Å². The lowest BCUT2D eigenvalue weighted by molar-refractivity contribution is -0.130. The number of aromatic amines is 1. The minimum atomic E-state index is -0.497. The molecule has 0 bridgehead atoms. The average molecular weight is 306 g/mol. The lowest BCUT2D eigenvalue weighted by Crippen LogP contribution is -2.39. The molecule has 2 fully saturated rings. The molecule has 1 aromatic heterocycles. The Bertz CT molecular complexity index is 592. The molecule has 2 aliphatic rings. The summed E-state index contributed by atoms with van der Waals surface area (Å²) in [6.45, 7) is 5.64. The summed E-state index contributed by atoms with van der Waals surface area (Å²) in [5.41, 5.74) is 2.60. The molecule has 1 N–H and O–H groups in total. The molecule has 0 saturated carbocycles. The van der Waals surface area contributed by atoms with Crippen LogP contribution in [0.25, 0.3) is 0 Å². The monoisotopic (exact) mass is 306 g/mol. The number of aromatic nitrogens is 2. The van der Waals surface area contributed by atoms with E-state index < -0.39 is 5.60 Å². The summed E-state index contributed by atoms with van der Waals surface area (Å²) in [6, 6.07) is 0. The highest BCUT2D eigenvalue weighted by molar-refractivity contribution is 5.77. The number of likely N-dealkylation sites (tertiary alicyclic amines) is 1. The Labute approximate surface area is 129 Å². The largest absolute Gasteiger partial charge is 0.439 e. The summed E-state index contributed by atoms with van der Waals surface area (Å²) in [6.07, 6.45) is 1.58. The third-order valence-corrected chi connectivity index (χ3v) is 4.68. The van der Waals surface area contributed by atoms with E-state index in [1.807, 2.05) is 18.7 Å². The number of likely N-dealkylation sites (N-methyl/N-ethyl adjacent to an activating group) is 1. The van der Waals surface area contributed by atoms with Crippen molar-refractivity contribution in [2.75, 3.05) is 26.7 Å². The summed E-state index contributed by atoms with van der Waals surface area (Å²) in [4.78, 5) is 27.4. The Morgan fingerprint density at radius 1 is 1.41 bits per heavy atom. The van der Waals surface area contributed by atoms with Crippen LogP contribution in [0.2, 0.25) is 0 Å². The maximum Gasteiger partial charge on any atom is 0.410 e. The van der Waals surface area contributed by atoms with Crippen molar-refractivity contribution in [3.05, 3.63) is 17.0 Å². The van der Waals surface area contributed by atoms with E-state index in [0.717, 1.165) is 23.4 Å². The third-order valence-electron chi connectivity index (χ3n) is 4.68. The smallest absolute Gasteiger partial charge is 0.410 e. The lowest BCUT2D eigenvalue weighted by atomic mass is 10.0. The highest BCUT2D eigenvalue weighted by atomic mass is 16.6. The van der Waals surface area contributed by atoms with Crippen molar-refractivity contribution >= 4 is 12.0 Å². The third kappa shape index (κ3) is 2.55. The molecule has 2 amide bonds. The Balaban J connectivity index is 1.57. The summed E-state index contributed by atoms with van der Waals surface area (Å²) in [5, 5.41) is 7.09. The van der Waals surface area contributed by atoms with Gasteiger partial charge in [0.25, 0.3) is 0 Å². The van der Waals surface area contributed by atoms with Gasteiger partial charge in [0, 0.05) is 32.1 Å². The van der Waals surface area contributed by atoms with Crippen LogP contribution in [0.5, 0.6) is 0 Å². The van der Waals surface area contributed by atoms with Crippen LogP contribution in [0.3, 0.4) is 0 Å². The van der Waals surface area contributed by atoms with Crippen LogP contribution in [0.4, 0.5) is 4.79 Å². The SMILES string of the molecule is Cc1n[nH]c(C)c1CCC(=O)N1CC[C@]2(CN(C)C(=O)O2)C1. The number of aryl methyl sites for hydroxylation is 2. The maximum atomic E-state index is 12.4. The van der Waals surface area contributed by atoms with Gasteiger partial charge in [-0.2, -0.15) is 5.10 Å². The summed E-state index contributed by atoms with van der Waals surface area (Å²) in [5.74, 6) is 0.113. The van der Waals surface area contributed by atoms with Crippen molar-refractivity contribution in [3.63, 3.8) is 0 Å². The number of hydrogen-bond donors (Lipinski definition) is 1. The normalized spacial score (nSPS) is 24.4. The molecule has 2 aliphatic heterocycles. The quantitative estimate of drug-likeness (QED) is 0.904. The Hall–Kier alpha value is -2.05. The van der Waals surface area contributed by atoms with Gasteiger partial charge < -0.3 is 14.5 Å². The van der Waals surface area contributed by atoms with Crippen molar-refractivity contribution < 1.29 is 14.3 Å². The van der Waals surface area contributed by atoms with Gasteiger partial charge in [0.15, 0.2) is 5.60 Å². The fraction of sp³-hybridized carbons (Fsp3) is 0.667. The van der Waals surface area contributed by atoms with Crippen molar-refractivity contribution in [2.24, 2.45) is 0 Å². The second-order valence-electron chi connectivity index (χ2n) is 6.38. The highest BCUT2D eigenvalue weighted by Crippen LogP contribution is 2.32. The standard InChI is InChI=1S/C15H22N4O3/c1-10-12(11(2)17-16-10)4-5-13(20)19-7-6-15(9-19)8-18(3)14(21)22-15/h4-9H2,1-3H3,(H,16,17)/t15-/m0/s1. The van der Waals surface area contributed by atoms with Gasteiger partial charge in [-0.15, -0.1) is 0 Å². The van der Waals surface area contributed by atoms with Crippen LogP contribution in [0.1, 0.15) is 29.8 Å². The van der Waals surface area contributed by atoms with Gasteiger partial charge >= 0.3 is 6.09 Å². The molecule has 1 atom stereocenters. The second kappa shape index (κ2) is 5.30. The van der Waals surface area contributed by atoms with Gasteiger partial charge in [-0.3, -0.25) is 9.89 Å². The summed E-state index contributed by atoms with van der Waals surface area (Å²) < 4.78 is 5.47. The van der Waals surface area contributed by atoms with E-state index in [1.165, 1.54) is 0 Å². The topological polar surface area (TPSA) is 78.5 Å². The van der Waals surface area contributed by atoms with E-state index in [2.05, 4.69) is 10.2 Å². The van der Waals surface area contributed by atoms with E-state index in [-0.39, 0.29) is 12.0 Å². The first-order chi connectivity index (χ1) is 10.4. The van der Waals surface area contributed by atoms with E-state index in [9.17, 15) is 9.59 Å². The predicted molar refractivity (Wildman–Crippen MR) is 79.4 cm³/mol. The van der Waals surface area contributed by atoms with Gasteiger partial charge in [0.1, 0.15) is 0 Å². The molecule has 7 nitrogen and oxygen atoms in total. The number of nitrogens with one attached hydrogen (secondary N) is 1. The highest BCUT2D eigenvalue weighted by Gasteiger charge is 2.49. The van der Waals surface area contributed by atoms with Gasteiger partial charge in [-0.05, 0) is 25.8 Å². The van der Waals surface area contributed by atoms with Crippen molar-refractivity contribution in [1.82, 2.24) is 20.0 Å². The molecule has 0 radical (unpaired) electrons. The van der Waals surface area contributed by atoms with Gasteiger partial charge in [-0.1, -0.05) is 0 Å². The minimum absolute atomic E-state index is 0.113. The fourth-order valence-corrected chi connectivity index (χ4v) is 3.39. The first-order valence-electron chi connectivity index (χ1n) is 7.62. The van der Waals surface area contributed by atoms with Crippen LogP contribution in [0.15, 0.2) is 0 Å². The number of carbonyl (C=O) groups is 2. The van der Waals surface area contributed by atoms with Crippen molar-refractivity contribution in [3.8, 4) is 0 Å². The molecule has 120 valence electrons. The second-order valence-corrected chi connectivity index (χ2v) is 6.38. The minimum Gasteiger partial charge on any atom is -0.439 e. The van der Waals surface area contributed by atoms with E-state index in [1.54, 1.807) is 11.9 Å². The van der Waals surface area contributed by atoms with Gasteiger partial charge in [-0.25, -0.2) is 4.79 Å². The summed E-state index contributed by atoms with van der Waals surface area (Å²) >= 11 is 0. The Morgan fingerprint density at radius 2 is 2.18 bits per heavy atom. The zero-order valence-corrected chi connectivity index (χ0v) is 13.3. The van der Waals surface area contributed by atoms with Gasteiger partial charge in [0.2, 0.25) is 5.91 Å². The molecule has 2 saturated heterocycles. The fourth-order valence-electron chi connectivity index (χ4n) is 3.39. The predicted octanol–water partition coefficient (Wildman–Crippen LogP) is 1.01. The number of carbonyl (C=O) groups excluding carboxylic acids is 2. The van der Waals surface area contributed by atoms with Gasteiger partial charge in [0.05, 0.1) is 18.8 Å². The number of nitrogens with zero attached hydrogens (tertiary/aromatic N) is 3. The molecular formula is C15H22N4O3. The number of ether oxygens (including phenoxy) is 1. The molecule has 1 spiro atoms. The lowest BCUT2D eigenvalue weighted by Gasteiger charge is -2.21. The molecule has 22 heavy (non-hydrogen) atoms. The number of hydrogen-bond acceptors (Lipinski definition) is 4. The van der Waals surface area contributed by atoms with Crippen LogP contribution < -0.4 is 0 Å². The number of rotatable bonds is 3. The molecule has 0 unspecified atom stereocenters. The zero-order chi connectivity index (χ0) is 15.9. The molecule has 3 heterocycles. The number of amides is 2. The molecule has 0 aliphatic carbocycles. The first kappa shape index (κ1) is 14.9. The first-order valence-corrected chi connectivity index (χ1v) is 7.62. The van der Waals surface area contributed by atoms with Crippen molar-refractivity contribution in [2.45, 2.75) is 38.7 Å². The molecular weight excluding hydrogens is 284 g/mol. The summed E-state index contributed by atoms with van der Waals surface area (Å²) in [7, 11) is 1.73. The Morgan fingerprint density at radius 3 is 2.77 bits per heavy atom. The molecule has 3 rings (SSSR count). The molecule has 1 aromatic rings. The number of H-pyrrole nitrogens is 1. The van der Waals surface area contributed by atoms with E-state index in [0.29, 0.717) is 32.5 Å². The van der Waals surface area contributed by atoms with Crippen LogP contribution in [-0.2, 0) is 16.0 Å².